The molecular formula is C20H22FN9O12P2. The van der Waals surface area contributed by atoms with Crippen LogP contribution in [0.5, 0.6) is 0 Å². The van der Waals surface area contributed by atoms with Gasteiger partial charge in [-0.1, -0.05) is 0 Å². The molecule has 24 heteroatoms. The molecule has 0 aromatic heterocycles. The van der Waals surface area contributed by atoms with E-state index in [1.807, 2.05) is 0 Å². The first-order valence-electron chi connectivity index (χ1n) is 12.9. The first-order chi connectivity index (χ1) is 20.9. The third kappa shape index (κ3) is 5.26. The fraction of sp³-hybridized carbons (Fsp3) is 0.600. The molecule has 7 rings (SSSR count). The van der Waals surface area contributed by atoms with Crippen molar-refractivity contribution in [3.63, 3.8) is 0 Å². The Morgan fingerprint density at radius 2 is 1.66 bits per heavy atom. The van der Waals surface area contributed by atoms with E-state index >= 15 is 4.39 Å². The fourth-order valence-corrected chi connectivity index (χ4v) is 7.29. The van der Waals surface area contributed by atoms with Crippen LogP contribution < -0.4 is 5.32 Å². The molecule has 0 radical (unpaired) electrons. The molecule has 3 fully saturated rings. The van der Waals surface area contributed by atoms with Crippen LogP contribution in [-0.4, -0.2) is 136 Å². The minimum Gasteiger partial charge on any atom is -0.349 e. The van der Waals surface area contributed by atoms with Gasteiger partial charge in [0.05, 0.1) is 25.9 Å². The number of nitrogens with zero attached hydrogens (tertiary/aromatic N) is 7. The average molecular weight is 661 g/mol. The number of rotatable bonds is 2. The van der Waals surface area contributed by atoms with E-state index in [9.17, 15) is 28.5 Å². The summed E-state index contributed by atoms with van der Waals surface area (Å²) >= 11 is 0. The summed E-state index contributed by atoms with van der Waals surface area (Å²) in [4.78, 5) is 67.4. The van der Waals surface area contributed by atoms with Gasteiger partial charge in [0.1, 0.15) is 42.8 Å². The normalized spacial score (nSPS) is 45.2. The highest BCUT2D eigenvalue weighted by molar-refractivity contribution is 7.47. The van der Waals surface area contributed by atoms with E-state index < -0.39 is 102 Å². The van der Waals surface area contributed by atoms with Crippen molar-refractivity contribution >= 4 is 64.1 Å². The smallest absolute Gasteiger partial charge is 0.349 e. The number of fused-ring (bicyclic) bond motifs is 5. The number of aliphatic imine (C=N–C) groups is 5. The minimum atomic E-state index is -5.12. The first-order valence-corrected chi connectivity index (χ1v) is 15.9. The third-order valence-electron chi connectivity index (χ3n) is 7.38. The van der Waals surface area contributed by atoms with Gasteiger partial charge in [-0.3, -0.25) is 58.2 Å². The van der Waals surface area contributed by atoms with Crippen LogP contribution in [0.15, 0.2) is 25.0 Å². The van der Waals surface area contributed by atoms with E-state index in [0.29, 0.717) is 0 Å². The van der Waals surface area contributed by atoms with Crippen molar-refractivity contribution in [3.8, 4) is 0 Å². The Morgan fingerprint density at radius 3 is 2.45 bits per heavy atom. The van der Waals surface area contributed by atoms with Crippen LogP contribution in [0.2, 0.25) is 0 Å². The van der Waals surface area contributed by atoms with Crippen LogP contribution in [0.1, 0.15) is 6.42 Å². The number of phosphoric acid groups is 2. The maximum Gasteiger partial charge on any atom is 0.472 e. The first kappa shape index (κ1) is 29.5. The molecular weight excluding hydrogens is 639 g/mol. The highest BCUT2D eigenvalue weighted by Crippen LogP contribution is 2.52. The van der Waals surface area contributed by atoms with Crippen molar-refractivity contribution in [1.29, 1.82) is 5.41 Å². The molecule has 0 saturated carbocycles. The van der Waals surface area contributed by atoms with Crippen molar-refractivity contribution in [2.45, 2.75) is 61.5 Å². The summed E-state index contributed by atoms with van der Waals surface area (Å²) in [6, 6.07) is -2.21. The molecule has 7 aliphatic heterocycles. The van der Waals surface area contributed by atoms with E-state index in [0.717, 1.165) is 17.6 Å². The van der Waals surface area contributed by atoms with Crippen molar-refractivity contribution in [1.82, 2.24) is 15.1 Å². The topological polar surface area (TPSA) is 268 Å². The number of ether oxygens (including phenoxy) is 2. The van der Waals surface area contributed by atoms with Gasteiger partial charge in [-0.2, -0.15) is 9.98 Å². The van der Waals surface area contributed by atoms with Gasteiger partial charge in [-0.05, 0) is 0 Å². The van der Waals surface area contributed by atoms with E-state index in [1.54, 1.807) is 0 Å². The lowest BCUT2D eigenvalue weighted by Crippen LogP contribution is -2.53. The lowest BCUT2D eigenvalue weighted by molar-refractivity contribution is -0.120. The van der Waals surface area contributed by atoms with E-state index in [4.69, 9.17) is 33.0 Å². The summed E-state index contributed by atoms with van der Waals surface area (Å²) in [6.45, 7) is -1.62. The molecule has 236 valence electrons. The number of halogens is 1. The van der Waals surface area contributed by atoms with Gasteiger partial charge in [-0.15, -0.1) is 0 Å². The number of carbonyl (C=O) groups excluding carboxylic acids is 2. The van der Waals surface area contributed by atoms with Crippen LogP contribution in [-0.2, 0) is 46.3 Å². The molecule has 4 unspecified atom stereocenters. The Bertz CT molecular complexity index is 1560. The van der Waals surface area contributed by atoms with Gasteiger partial charge in [-0.25, -0.2) is 18.5 Å². The second kappa shape index (κ2) is 10.7. The number of amides is 2. The van der Waals surface area contributed by atoms with E-state index in [2.05, 4.69) is 30.3 Å². The fourth-order valence-electron chi connectivity index (χ4n) is 5.41. The van der Waals surface area contributed by atoms with Crippen molar-refractivity contribution < 1.29 is 60.5 Å². The number of nitrogens with one attached hydrogen (secondary N) is 2. The van der Waals surface area contributed by atoms with Gasteiger partial charge >= 0.3 is 15.6 Å². The summed E-state index contributed by atoms with van der Waals surface area (Å²) in [5.74, 6) is -1.75. The number of amidine groups is 2. The summed E-state index contributed by atoms with van der Waals surface area (Å²) < 4.78 is 74.0. The van der Waals surface area contributed by atoms with Crippen LogP contribution in [0.25, 0.3) is 0 Å². The highest BCUT2D eigenvalue weighted by atomic mass is 31.2. The monoisotopic (exact) mass is 661 g/mol. The van der Waals surface area contributed by atoms with Crippen LogP contribution >= 0.6 is 15.6 Å². The largest absolute Gasteiger partial charge is 0.472 e. The molecule has 0 aliphatic carbocycles. The zero-order valence-electron chi connectivity index (χ0n) is 21.9. The second-order valence-corrected chi connectivity index (χ2v) is 13.0. The lowest BCUT2D eigenvalue weighted by Gasteiger charge is -2.30. The molecule has 3 saturated heterocycles. The number of hydrogen-bond donors (Lipinski definition) is 4. The number of phosphoric ester groups is 2. The van der Waals surface area contributed by atoms with Crippen LogP contribution in [0.3, 0.4) is 0 Å². The molecule has 0 aromatic rings. The van der Waals surface area contributed by atoms with Gasteiger partial charge < -0.3 is 19.3 Å². The maximum atomic E-state index is 15.7. The minimum absolute atomic E-state index is 0.141. The second-order valence-electron chi connectivity index (χ2n) is 10.1. The number of carbonyl (C=O) groups is 2. The Morgan fingerprint density at radius 1 is 0.955 bits per heavy atom. The predicted octanol–water partition coefficient (Wildman–Crippen LogP) is -1.96. The molecule has 0 spiro atoms. The van der Waals surface area contributed by atoms with Crippen molar-refractivity contribution in [2.75, 3.05) is 13.2 Å². The molecule has 21 nitrogen and oxygen atoms in total. The van der Waals surface area contributed by atoms with Gasteiger partial charge in [0, 0.05) is 6.42 Å². The average Bonchev–Trinajstić information content (AvgIpc) is 3.72. The summed E-state index contributed by atoms with van der Waals surface area (Å²) in [5, 5.41) is 9.88. The standard InChI is InChI=1S/C20H22FN9O12P2/c21-11-9-3-38-43(33,34)41-7-1-10(29-5-25-12-15(29)23-4-24-17(12)31)39-8(7)2-37-44(35,36)42-14(11)19(40-9)30-6-26-13-16(30)27-20(22)28-18(13)32/h4-14,19H,1-3H2,(H,33,34)(H,35,36)(H2,22,28,32)/t7-,8+,9+,10+,11+,12?,13?,14+,19+/m0/s1. The molecule has 7 heterocycles. The Hall–Kier alpha value is -3.17. The zero-order chi connectivity index (χ0) is 31.0. The molecule has 44 heavy (non-hydrogen) atoms. The Balaban J connectivity index is 1.13. The maximum absolute atomic E-state index is 15.7. The quantitative estimate of drug-likeness (QED) is 0.234. The van der Waals surface area contributed by atoms with E-state index in [-0.39, 0.29) is 18.1 Å². The zero-order valence-corrected chi connectivity index (χ0v) is 23.7. The Labute approximate surface area is 245 Å². The third-order valence-corrected chi connectivity index (χ3v) is 9.38. The summed E-state index contributed by atoms with van der Waals surface area (Å²) in [7, 11) is -10.1. The van der Waals surface area contributed by atoms with Gasteiger partial charge in [0.2, 0.25) is 5.96 Å². The van der Waals surface area contributed by atoms with Crippen LogP contribution in [0.4, 0.5) is 4.39 Å². The van der Waals surface area contributed by atoms with Gasteiger partial charge in [0.15, 0.2) is 30.3 Å². The molecule has 4 N–H and O–H groups in total. The molecule has 7 aliphatic rings. The molecule has 2 amide bonds. The molecule has 0 aromatic carbocycles. The number of alkyl halides is 1. The van der Waals surface area contributed by atoms with Crippen molar-refractivity contribution in [3.05, 3.63) is 0 Å². The summed E-state index contributed by atoms with van der Waals surface area (Å²) in [6.07, 6.45) is -7.66. The van der Waals surface area contributed by atoms with E-state index in [1.165, 1.54) is 11.2 Å². The lowest BCUT2D eigenvalue weighted by atomic mass is 10.1. The molecule has 2 bridgehead atoms. The molecule has 11 atom stereocenters. The number of hydrogen-bond acceptors (Lipinski definition) is 16. The number of guanidine groups is 1. The predicted molar refractivity (Wildman–Crippen MR) is 141 cm³/mol. The van der Waals surface area contributed by atoms with Crippen molar-refractivity contribution in [2.24, 2.45) is 25.0 Å². The van der Waals surface area contributed by atoms with Gasteiger partial charge in [0.25, 0.3) is 11.8 Å². The highest BCUT2D eigenvalue weighted by Gasteiger charge is 2.56. The Kier molecular flexibility index (Phi) is 7.20. The summed E-state index contributed by atoms with van der Waals surface area (Å²) in [5.41, 5.74) is 0. The van der Waals surface area contributed by atoms with Crippen LogP contribution in [0, 0.1) is 5.41 Å². The SMILES string of the molecule is N=C1N=C2C(N=CN2[C@@H]2O[C@@H]3COP(=O)(O)O[C@H]4C[C@H](N5C=NC6C(=O)N=CN=C65)O[C@@H]4COP(=O)(O)O[C@@H]2[C@@H]3F)C(=O)N1.